The van der Waals surface area contributed by atoms with Crippen LogP contribution in [0.25, 0.3) is 0 Å². The Morgan fingerprint density at radius 2 is 2.29 bits per heavy atom. The Morgan fingerprint density at radius 3 is 2.88 bits per heavy atom. The summed E-state index contributed by atoms with van der Waals surface area (Å²) in [6, 6.07) is 5.13. The fourth-order valence-corrected chi connectivity index (χ4v) is 1.71. The van der Waals surface area contributed by atoms with Gasteiger partial charge in [0.05, 0.1) is 18.8 Å². The van der Waals surface area contributed by atoms with Crippen molar-refractivity contribution in [3.63, 3.8) is 0 Å². The summed E-state index contributed by atoms with van der Waals surface area (Å²) in [7, 11) is 1.54. The number of hydrogen-bond donors (Lipinski definition) is 1. The Balaban J connectivity index is 2.67. The van der Waals surface area contributed by atoms with Crippen molar-refractivity contribution in [1.82, 2.24) is 5.32 Å². The van der Waals surface area contributed by atoms with E-state index >= 15 is 0 Å². The highest BCUT2D eigenvalue weighted by atomic mass is 79.9. The van der Waals surface area contributed by atoms with Crippen LogP contribution in [0.15, 0.2) is 22.7 Å². The Labute approximate surface area is 108 Å². The number of benzene rings is 1. The van der Waals surface area contributed by atoms with Gasteiger partial charge in [0.2, 0.25) is 0 Å². The number of carbonyl (C=O) groups excluding carboxylic acids is 1. The molecule has 0 aliphatic carbocycles. The minimum Gasteiger partial charge on any atom is -0.497 e. The minimum atomic E-state index is -0.913. The van der Waals surface area contributed by atoms with Crippen LogP contribution in [0.5, 0.6) is 5.75 Å². The Bertz CT molecular complexity index is 396. The minimum absolute atomic E-state index is 0.239. The molecule has 94 valence electrons. The number of rotatable bonds is 5. The molecular formula is C12H15BrFNO2. The lowest BCUT2D eigenvalue weighted by molar-refractivity contribution is 0.0949. The maximum absolute atomic E-state index is 12.6. The van der Waals surface area contributed by atoms with E-state index in [0.29, 0.717) is 28.8 Å². The molecule has 1 rings (SSSR count). The SMILES string of the molecule is COc1ccc(Br)c(C(=O)NCC[C@H](C)F)c1. The first-order valence-electron chi connectivity index (χ1n) is 5.30. The summed E-state index contributed by atoms with van der Waals surface area (Å²) in [5.74, 6) is 0.369. The lowest BCUT2D eigenvalue weighted by atomic mass is 10.2. The van der Waals surface area contributed by atoms with Crippen LogP contribution in [0.1, 0.15) is 23.7 Å². The fourth-order valence-electron chi connectivity index (χ4n) is 1.29. The summed E-state index contributed by atoms with van der Waals surface area (Å²) in [5, 5.41) is 2.66. The van der Waals surface area contributed by atoms with Crippen LogP contribution in [0, 0.1) is 0 Å². The third kappa shape index (κ3) is 4.34. The van der Waals surface area contributed by atoms with E-state index in [9.17, 15) is 9.18 Å². The molecule has 1 aromatic rings. The van der Waals surface area contributed by atoms with Crippen LogP contribution < -0.4 is 10.1 Å². The molecule has 1 atom stereocenters. The molecule has 0 heterocycles. The lowest BCUT2D eigenvalue weighted by Gasteiger charge is -2.08. The average Bonchev–Trinajstić information content (AvgIpc) is 2.29. The molecule has 0 aliphatic rings. The zero-order valence-corrected chi connectivity index (χ0v) is 11.4. The largest absolute Gasteiger partial charge is 0.497 e. The summed E-state index contributed by atoms with van der Waals surface area (Å²) in [5.41, 5.74) is 0.482. The molecule has 0 radical (unpaired) electrons. The molecule has 0 aliphatic heterocycles. The van der Waals surface area contributed by atoms with Crippen molar-refractivity contribution in [3.05, 3.63) is 28.2 Å². The van der Waals surface area contributed by atoms with Gasteiger partial charge < -0.3 is 10.1 Å². The zero-order valence-electron chi connectivity index (χ0n) is 9.80. The zero-order chi connectivity index (χ0) is 12.8. The van der Waals surface area contributed by atoms with Gasteiger partial charge in [0, 0.05) is 11.0 Å². The van der Waals surface area contributed by atoms with Crippen molar-refractivity contribution < 1.29 is 13.9 Å². The van der Waals surface area contributed by atoms with Crippen LogP contribution in [0.3, 0.4) is 0 Å². The standard InChI is InChI=1S/C12H15BrFNO2/c1-8(14)5-6-15-12(16)10-7-9(17-2)3-4-11(10)13/h3-4,7-8H,5-6H2,1-2H3,(H,15,16)/t8-/m0/s1. The molecule has 1 N–H and O–H groups in total. The molecule has 3 nitrogen and oxygen atoms in total. The summed E-state index contributed by atoms with van der Waals surface area (Å²) in [6.45, 7) is 1.79. The molecule has 0 spiro atoms. The summed E-state index contributed by atoms with van der Waals surface area (Å²) >= 11 is 3.29. The molecule has 0 unspecified atom stereocenters. The van der Waals surface area contributed by atoms with Crippen molar-refractivity contribution in [3.8, 4) is 5.75 Å². The van der Waals surface area contributed by atoms with Gasteiger partial charge in [0.15, 0.2) is 0 Å². The van der Waals surface area contributed by atoms with E-state index in [1.165, 1.54) is 14.0 Å². The van der Waals surface area contributed by atoms with Crippen LogP contribution in [-0.2, 0) is 0 Å². The van der Waals surface area contributed by atoms with Crippen molar-refractivity contribution in [2.24, 2.45) is 0 Å². The molecule has 0 bridgehead atoms. The highest BCUT2D eigenvalue weighted by Crippen LogP contribution is 2.22. The van der Waals surface area contributed by atoms with E-state index in [0.717, 1.165) is 0 Å². The molecular weight excluding hydrogens is 289 g/mol. The summed E-state index contributed by atoms with van der Waals surface area (Å²) in [6.07, 6.45) is -0.600. The quantitative estimate of drug-likeness (QED) is 0.908. The van der Waals surface area contributed by atoms with Gasteiger partial charge in [0.1, 0.15) is 5.75 Å². The summed E-state index contributed by atoms with van der Waals surface area (Å²) in [4.78, 5) is 11.8. The van der Waals surface area contributed by atoms with Gasteiger partial charge in [0.25, 0.3) is 5.91 Å². The third-order valence-electron chi connectivity index (χ3n) is 2.25. The highest BCUT2D eigenvalue weighted by molar-refractivity contribution is 9.10. The molecule has 0 saturated heterocycles. The van der Waals surface area contributed by atoms with Crippen LogP contribution >= 0.6 is 15.9 Å². The van der Waals surface area contributed by atoms with Gasteiger partial charge >= 0.3 is 0 Å². The number of methoxy groups -OCH3 is 1. The van der Waals surface area contributed by atoms with E-state index in [-0.39, 0.29) is 5.91 Å². The van der Waals surface area contributed by atoms with Gasteiger partial charge in [-0.15, -0.1) is 0 Å². The monoisotopic (exact) mass is 303 g/mol. The number of alkyl halides is 1. The molecule has 0 saturated carbocycles. The smallest absolute Gasteiger partial charge is 0.252 e. The van der Waals surface area contributed by atoms with E-state index < -0.39 is 6.17 Å². The molecule has 1 amide bonds. The van der Waals surface area contributed by atoms with Crippen LogP contribution in [-0.4, -0.2) is 25.7 Å². The van der Waals surface area contributed by atoms with Crippen molar-refractivity contribution in [2.45, 2.75) is 19.5 Å². The topological polar surface area (TPSA) is 38.3 Å². The maximum atomic E-state index is 12.6. The van der Waals surface area contributed by atoms with Gasteiger partial charge in [-0.25, -0.2) is 4.39 Å². The highest BCUT2D eigenvalue weighted by Gasteiger charge is 2.11. The van der Waals surface area contributed by atoms with E-state index in [2.05, 4.69) is 21.2 Å². The fraction of sp³-hybridized carbons (Fsp3) is 0.417. The van der Waals surface area contributed by atoms with Gasteiger partial charge in [-0.1, -0.05) is 0 Å². The average molecular weight is 304 g/mol. The molecule has 5 heteroatoms. The lowest BCUT2D eigenvalue weighted by Crippen LogP contribution is -2.26. The van der Waals surface area contributed by atoms with Crippen molar-refractivity contribution >= 4 is 21.8 Å². The van der Waals surface area contributed by atoms with E-state index in [4.69, 9.17) is 4.74 Å². The molecule has 1 aromatic carbocycles. The molecule has 0 fully saturated rings. The van der Waals surface area contributed by atoms with Crippen LogP contribution in [0.2, 0.25) is 0 Å². The first-order valence-corrected chi connectivity index (χ1v) is 6.09. The van der Waals surface area contributed by atoms with Crippen molar-refractivity contribution in [2.75, 3.05) is 13.7 Å². The first-order chi connectivity index (χ1) is 8.04. The Kier molecular flexibility index (Phi) is 5.41. The second-order valence-corrected chi connectivity index (χ2v) is 4.53. The number of nitrogens with one attached hydrogen (secondary N) is 1. The maximum Gasteiger partial charge on any atom is 0.252 e. The third-order valence-corrected chi connectivity index (χ3v) is 2.94. The predicted octanol–water partition coefficient (Wildman–Crippen LogP) is 2.94. The number of hydrogen-bond acceptors (Lipinski definition) is 2. The number of halogens is 2. The van der Waals surface area contributed by atoms with Gasteiger partial charge in [-0.05, 0) is 47.5 Å². The Morgan fingerprint density at radius 1 is 1.59 bits per heavy atom. The molecule has 0 aromatic heterocycles. The first kappa shape index (κ1) is 14.0. The van der Waals surface area contributed by atoms with Crippen LogP contribution in [0.4, 0.5) is 4.39 Å². The predicted molar refractivity (Wildman–Crippen MR) is 68.2 cm³/mol. The normalized spacial score (nSPS) is 12.0. The number of carbonyl (C=O) groups is 1. The van der Waals surface area contributed by atoms with E-state index in [1.807, 2.05) is 0 Å². The number of ether oxygens (including phenoxy) is 1. The van der Waals surface area contributed by atoms with Crippen molar-refractivity contribution in [1.29, 1.82) is 0 Å². The van der Waals surface area contributed by atoms with Gasteiger partial charge in [-0.2, -0.15) is 0 Å². The molecule has 17 heavy (non-hydrogen) atoms. The second kappa shape index (κ2) is 6.59. The Hall–Kier alpha value is -1.10. The van der Waals surface area contributed by atoms with E-state index in [1.54, 1.807) is 18.2 Å². The number of amides is 1. The second-order valence-electron chi connectivity index (χ2n) is 3.67. The summed E-state index contributed by atoms with van der Waals surface area (Å²) < 4.78 is 18.3. The van der Waals surface area contributed by atoms with Gasteiger partial charge in [-0.3, -0.25) is 4.79 Å².